The van der Waals surface area contributed by atoms with Crippen LogP contribution in [0.1, 0.15) is 41.4 Å². The SMILES string of the molecule is CC(=O)Nc1cccc(C(C)NC(=O)c2ccccc2-c2ccc(C(F)(F)F)cc2)c1. The third-order valence-electron chi connectivity index (χ3n) is 4.75. The molecule has 31 heavy (non-hydrogen) atoms. The maximum absolute atomic E-state index is 13.0. The van der Waals surface area contributed by atoms with Gasteiger partial charge in [-0.25, -0.2) is 0 Å². The Morgan fingerprint density at radius 3 is 2.23 bits per heavy atom. The van der Waals surface area contributed by atoms with Crippen molar-refractivity contribution in [2.45, 2.75) is 26.1 Å². The zero-order valence-corrected chi connectivity index (χ0v) is 17.0. The van der Waals surface area contributed by atoms with Crippen molar-refractivity contribution in [2.24, 2.45) is 0 Å². The van der Waals surface area contributed by atoms with Crippen molar-refractivity contribution in [1.82, 2.24) is 5.32 Å². The molecule has 0 aromatic heterocycles. The fraction of sp³-hybridized carbons (Fsp3) is 0.167. The molecule has 1 atom stereocenters. The van der Waals surface area contributed by atoms with Crippen molar-refractivity contribution in [3.63, 3.8) is 0 Å². The molecule has 4 nitrogen and oxygen atoms in total. The molecule has 7 heteroatoms. The Hall–Kier alpha value is -3.61. The van der Waals surface area contributed by atoms with Gasteiger partial charge in [0.1, 0.15) is 0 Å². The first-order valence-electron chi connectivity index (χ1n) is 9.60. The van der Waals surface area contributed by atoms with Crippen molar-refractivity contribution in [1.29, 1.82) is 0 Å². The topological polar surface area (TPSA) is 58.2 Å². The second-order valence-corrected chi connectivity index (χ2v) is 7.12. The summed E-state index contributed by atoms with van der Waals surface area (Å²) in [6, 6.07) is 18.2. The molecule has 0 aliphatic rings. The van der Waals surface area contributed by atoms with Gasteiger partial charge >= 0.3 is 6.18 Å². The fourth-order valence-electron chi connectivity index (χ4n) is 3.22. The zero-order chi connectivity index (χ0) is 22.6. The van der Waals surface area contributed by atoms with Crippen molar-refractivity contribution < 1.29 is 22.8 Å². The zero-order valence-electron chi connectivity index (χ0n) is 17.0. The van der Waals surface area contributed by atoms with E-state index in [9.17, 15) is 22.8 Å². The lowest BCUT2D eigenvalue weighted by molar-refractivity contribution is -0.137. The molecule has 0 fully saturated rings. The van der Waals surface area contributed by atoms with Gasteiger partial charge in [-0.15, -0.1) is 0 Å². The van der Waals surface area contributed by atoms with Gasteiger partial charge in [-0.05, 0) is 53.9 Å². The summed E-state index contributed by atoms with van der Waals surface area (Å²) in [5.74, 6) is -0.549. The summed E-state index contributed by atoms with van der Waals surface area (Å²) >= 11 is 0. The summed E-state index contributed by atoms with van der Waals surface area (Å²) in [5, 5.41) is 5.61. The Labute approximate surface area is 178 Å². The lowest BCUT2D eigenvalue weighted by Crippen LogP contribution is -2.27. The summed E-state index contributed by atoms with van der Waals surface area (Å²) in [6.45, 7) is 3.22. The van der Waals surface area contributed by atoms with Crippen LogP contribution in [0.5, 0.6) is 0 Å². The van der Waals surface area contributed by atoms with E-state index in [1.165, 1.54) is 19.1 Å². The van der Waals surface area contributed by atoms with Gasteiger partial charge in [0.15, 0.2) is 0 Å². The van der Waals surface area contributed by atoms with Gasteiger partial charge in [-0.2, -0.15) is 13.2 Å². The number of alkyl halides is 3. The van der Waals surface area contributed by atoms with Crippen LogP contribution in [0.25, 0.3) is 11.1 Å². The average Bonchev–Trinajstić information content (AvgIpc) is 2.73. The minimum atomic E-state index is -4.42. The Kier molecular flexibility index (Phi) is 6.44. The first-order valence-corrected chi connectivity index (χ1v) is 9.60. The molecule has 3 aromatic carbocycles. The number of carbonyl (C=O) groups is 2. The Morgan fingerprint density at radius 1 is 0.903 bits per heavy atom. The molecule has 0 radical (unpaired) electrons. The lowest BCUT2D eigenvalue weighted by Gasteiger charge is -2.17. The van der Waals surface area contributed by atoms with Crippen LogP contribution in [0.4, 0.5) is 18.9 Å². The van der Waals surface area contributed by atoms with E-state index < -0.39 is 11.7 Å². The average molecular weight is 426 g/mol. The standard InChI is InChI=1S/C24H21F3N2O2/c1-15(18-6-5-7-20(14-18)29-16(2)30)28-23(31)22-9-4-3-8-21(22)17-10-12-19(13-11-17)24(25,26)27/h3-15H,1-2H3,(H,28,31)(H,29,30). The number of anilines is 1. The predicted octanol–water partition coefficient (Wildman–Crippen LogP) is 5.82. The highest BCUT2D eigenvalue weighted by Gasteiger charge is 2.30. The van der Waals surface area contributed by atoms with E-state index in [0.29, 0.717) is 22.4 Å². The van der Waals surface area contributed by atoms with Crippen LogP contribution in [0.3, 0.4) is 0 Å². The number of amides is 2. The van der Waals surface area contributed by atoms with Gasteiger partial charge in [-0.1, -0.05) is 42.5 Å². The number of nitrogens with one attached hydrogen (secondary N) is 2. The smallest absolute Gasteiger partial charge is 0.345 e. The number of benzene rings is 3. The lowest BCUT2D eigenvalue weighted by atomic mass is 9.97. The van der Waals surface area contributed by atoms with Crippen molar-refractivity contribution in [3.05, 3.63) is 89.5 Å². The summed E-state index contributed by atoms with van der Waals surface area (Å²) in [7, 11) is 0. The molecule has 3 aromatic rings. The van der Waals surface area contributed by atoms with Gasteiger partial charge in [0.05, 0.1) is 11.6 Å². The van der Waals surface area contributed by atoms with Crippen molar-refractivity contribution in [2.75, 3.05) is 5.32 Å². The number of hydrogen-bond donors (Lipinski definition) is 2. The largest absolute Gasteiger partial charge is 0.416 e. The van der Waals surface area contributed by atoms with Gasteiger partial charge < -0.3 is 10.6 Å². The van der Waals surface area contributed by atoms with Gasteiger partial charge in [0.2, 0.25) is 5.91 Å². The summed E-state index contributed by atoms with van der Waals surface area (Å²) < 4.78 is 38.5. The van der Waals surface area contributed by atoms with Gasteiger partial charge in [0, 0.05) is 18.2 Å². The third kappa shape index (κ3) is 5.51. The highest BCUT2D eigenvalue weighted by Crippen LogP contribution is 2.32. The predicted molar refractivity (Wildman–Crippen MR) is 114 cm³/mol. The van der Waals surface area contributed by atoms with E-state index in [1.807, 2.05) is 13.0 Å². The molecular weight excluding hydrogens is 405 g/mol. The highest BCUT2D eigenvalue weighted by atomic mass is 19.4. The van der Waals surface area contributed by atoms with Crippen LogP contribution >= 0.6 is 0 Å². The minimum absolute atomic E-state index is 0.195. The number of rotatable bonds is 5. The molecular formula is C24H21F3N2O2. The molecule has 0 aliphatic carbocycles. The number of halogens is 3. The Morgan fingerprint density at radius 2 is 1.58 bits per heavy atom. The second kappa shape index (κ2) is 9.04. The molecule has 1 unspecified atom stereocenters. The van der Waals surface area contributed by atoms with Gasteiger partial charge in [0.25, 0.3) is 5.91 Å². The maximum Gasteiger partial charge on any atom is 0.416 e. The van der Waals surface area contributed by atoms with Crippen molar-refractivity contribution in [3.8, 4) is 11.1 Å². The highest BCUT2D eigenvalue weighted by molar-refractivity contribution is 6.01. The number of carbonyl (C=O) groups excluding carboxylic acids is 2. The molecule has 0 saturated heterocycles. The van der Waals surface area contributed by atoms with E-state index in [-0.39, 0.29) is 17.9 Å². The molecule has 0 aliphatic heterocycles. The first kappa shape index (κ1) is 22.1. The number of hydrogen-bond acceptors (Lipinski definition) is 2. The van der Waals surface area contributed by atoms with Crippen LogP contribution in [0.2, 0.25) is 0 Å². The van der Waals surface area contributed by atoms with Crippen LogP contribution in [0.15, 0.2) is 72.8 Å². The van der Waals surface area contributed by atoms with Crippen LogP contribution in [-0.2, 0) is 11.0 Å². The normalized spacial score (nSPS) is 12.2. The molecule has 0 spiro atoms. The Bertz CT molecular complexity index is 1090. The summed E-state index contributed by atoms with van der Waals surface area (Å²) in [4.78, 5) is 24.2. The maximum atomic E-state index is 13.0. The van der Waals surface area contributed by atoms with E-state index in [4.69, 9.17) is 0 Å². The summed E-state index contributed by atoms with van der Waals surface area (Å²) in [6.07, 6.45) is -4.42. The quantitative estimate of drug-likeness (QED) is 0.540. The first-order chi connectivity index (χ1) is 14.6. The van der Waals surface area contributed by atoms with E-state index in [1.54, 1.807) is 42.5 Å². The second-order valence-electron chi connectivity index (χ2n) is 7.12. The van der Waals surface area contributed by atoms with E-state index in [0.717, 1.165) is 17.7 Å². The van der Waals surface area contributed by atoms with Crippen LogP contribution in [0, 0.1) is 0 Å². The van der Waals surface area contributed by atoms with Crippen LogP contribution in [-0.4, -0.2) is 11.8 Å². The van der Waals surface area contributed by atoms with E-state index >= 15 is 0 Å². The molecule has 160 valence electrons. The fourth-order valence-corrected chi connectivity index (χ4v) is 3.22. The van der Waals surface area contributed by atoms with Crippen molar-refractivity contribution >= 4 is 17.5 Å². The molecule has 3 rings (SSSR count). The summed E-state index contributed by atoms with van der Waals surface area (Å²) in [5.41, 5.74) is 2.08. The van der Waals surface area contributed by atoms with Crippen LogP contribution < -0.4 is 10.6 Å². The monoisotopic (exact) mass is 426 g/mol. The molecule has 0 bridgehead atoms. The molecule has 2 amide bonds. The Balaban J connectivity index is 1.82. The minimum Gasteiger partial charge on any atom is -0.345 e. The molecule has 2 N–H and O–H groups in total. The third-order valence-corrected chi connectivity index (χ3v) is 4.75. The molecule has 0 saturated carbocycles. The van der Waals surface area contributed by atoms with Gasteiger partial charge in [-0.3, -0.25) is 9.59 Å². The molecule has 0 heterocycles. The van der Waals surface area contributed by atoms with E-state index in [2.05, 4.69) is 10.6 Å².